The molecule has 6 heteroatoms. The van der Waals surface area contributed by atoms with Crippen LogP contribution >= 0.6 is 11.6 Å². The van der Waals surface area contributed by atoms with Crippen LogP contribution in [0.25, 0.3) is 0 Å². The average molecular weight is 320 g/mol. The number of ether oxygens (including phenoxy) is 2. The summed E-state index contributed by atoms with van der Waals surface area (Å²) < 4.78 is 11.3. The summed E-state index contributed by atoms with van der Waals surface area (Å²) in [4.78, 5) is 12.1. The van der Waals surface area contributed by atoms with Gasteiger partial charge in [-0.15, -0.1) is 0 Å². The number of hydrogen-bond acceptors (Lipinski definition) is 4. The number of nitrogens with one attached hydrogen (secondary N) is 1. The molecule has 0 aliphatic carbocycles. The quantitative estimate of drug-likeness (QED) is 0.912. The highest BCUT2D eigenvalue weighted by molar-refractivity contribution is 6.30. The van der Waals surface area contributed by atoms with E-state index in [2.05, 4.69) is 5.32 Å². The molecule has 22 heavy (non-hydrogen) atoms. The summed E-state index contributed by atoms with van der Waals surface area (Å²) in [5, 5.41) is 12.8. The molecule has 2 N–H and O–H groups in total. The lowest BCUT2D eigenvalue weighted by Gasteiger charge is -2.26. The number of hydrogen-bond donors (Lipinski definition) is 2. The summed E-state index contributed by atoms with van der Waals surface area (Å²) in [6.07, 6.45) is -0.284. The molecule has 5 nitrogen and oxygen atoms in total. The van der Waals surface area contributed by atoms with E-state index in [4.69, 9.17) is 21.1 Å². The minimum atomic E-state index is -0.392. The van der Waals surface area contributed by atoms with Crippen molar-refractivity contribution in [1.82, 2.24) is 5.32 Å². The number of carbonyl (C=O) groups is 1. The Morgan fingerprint density at radius 2 is 2.05 bits per heavy atom. The summed E-state index contributed by atoms with van der Waals surface area (Å²) in [7, 11) is 0. The standard InChI is InChI=1S/C16H14ClNO4/c17-10-5-6-12(13(19)7-10)16(20)18-8-11-9-21-14-3-1-2-4-15(14)22-11/h1-7,11,19H,8-9H2,(H,18,20)/t11-/m0/s1. The minimum Gasteiger partial charge on any atom is -0.507 e. The fraction of sp³-hybridized carbons (Fsp3) is 0.188. The number of aromatic hydroxyl groups is 1. The summed E-state index contributed by atoms with van der Waals surface area (Å²) >= 11 is 5.74. The number of amides is 1. The van der Waals surface area contributed by atoms with Crippen molar-refractivity contribution in [2.45, 2.75) is 6.10 Å². The number of phenols is 1. The molecule has 0 aromatic heterocycles. The normalized spacial score (nSPS) is 16.1. The number of benzene rings is 2. The fourth-order valence-electron chi connectivity index (χ4n) is 2.16. The van der Waals surface area contributed by atoms with Gasteiger partial charge in [-0.2, -0.15) is 0 Å². The Morgan fingerprint density at radius 1 is 1.27 bits per heavy atom. The Bertz CT molecular complexity index is 704. The van der Waals surface area contributed by atoms with Gasteiger partial charge in [0.1, 0.15) is 18.5 Å². The summed E-state index contributed by atoms with van der Waals surface area (Å²) in [6, 6.07) is 11.7. The highest BCUT2D eigenvalue weighted by atomic mass is 35.5. The molecule has 114 valence electrons. The van der Waals surface area contributed by atoms with Crippen LogP contribution in [0.15, 0.2) is 42.5 Å². The van der Waals surface area contributed by atoms with E-state index < -0.39 is 5.91 Å². The molecular formula is C16H14ClNO4. The lowest BCUT2D eigenvalue weighted by molar-refractivity contribution is 0.0788. The molecule has 0 spiro atoms. The summed E-state index contributed by atoms with van der Waals surface area (Å²) in [5.41, 5.74) is 0.168. The maximum atomic E-state index is 12.1. The van der Waals surface area contributed by atoms with Gasteiger partial charge in [-0.1, -0.05) is 23.7 Å². The van der Waals surface area contributed by atoms with Crippen LogP contribution in [-0.4, -0.2) is 30.3 Å². The number of phenolic OH excluding ortho intramolecular Hbond substituents is 1. The van der Waals surface area contributed by atoms with Gasteiger partial charge in [-0.3, -0.25) is 4.79 Å². The third kappa shape index (κ3) is 3.09. The molecule has 1 aliphatic rings. The van der Waals surface area contributed by atoms with Gasteiger partial charge in [0.2, 0.25) is 0 Å². The Morgan fingerprint density at radius 3 is 2.82 bits per heavy atom. The van der Waals surface area contributed by atoms with E-state index in [9.17, 15) is 9.90 Å². The molecule has 0 radical (unpaired) electrons. The van der Waals surface area contributed by atoms with Crippen LogP contribution in [0.2, 0.25) is 5.02 Å². The summed E-state index contributed by atoms with van der Waals surface area (Å²) in [5.74, 6) is 0.801. The van der Waals surface area contributed by atoms with E-state index in [1.165, 1.54) is 12.1 Å². The van der Waals surface area contributed by atoms with Crippen LogP contribution in [0.1, 0.15) is 10.4 Å². The molecule has 1 aliphatic heterocycles. The van der Waals surface area contributed by atoms with Crippen LogP contribution in [0.5, 0.6) is 17.2 Å². The van der Waals surface area contributed by atoms with Crippen molar-refractivity contribution in [3.8, 4) is 17.2 Å². The molecular weight excluding hydrogens is 306 g/mol. The Hall–Kier alpha value is -2.40. The zero-order valence-corrected chi connectivity index (χ0v) is 12.3. The lowest BCUT2D eigenvalue weighted by Crippen LogP contribution is -2.40. The smallest absolute Gasteiger partial charge is 0.255 e. The third-order valence-corrected chi connectivity index (χ3v) is 3.50. The van der Waals surface area contributed by atoms with Gasteiger partial charge in [0.25, 0.3) is 5.91 Å². The predicted octanol–water partition coefficient (Wildman–Crippen LogP) is 2.62. The number of rotatable bonds is 3. The van der Waals surface area contributed by atoms with Crippen LogP contribution in [0.3, 0.4) is 0 Å². The van der Waals surface area contributed by atoms with Crippen LogP contribution in [0.4, 0.5) is 0 Å². The van der Waals surface area contributed by atoms with Gasteiger partial charge in [0.15, 0.2) is 11.5 Å². The maximum Gasteiger partial charge on any atom is 0.255 e. The van der Waals surface area contributed by atoms with Crippen molar-refractivity contribution < 1.29 is 19.4 Å². The Balaban J connectivity index is 1.60. The molecule has 1 atom stereocenters. The van der Waals surface area contributed by atoms with E-state index >= 15 is 0 Å². The second-order valence-electron chi connectivity index (χ2n) is 4.87. The Kier molecular flexibility index (Phi) is 4.06. The second-order valence-corrected chi connectivity index (χ2v) is 5.31. The zero-order chi connectivity index (χ0) is 15.5. The number of halogens is 1. The third-order valence-electron chi connectivity index (χ3n) is 3.26. The fourth-order valence-corrected chi connectivity index (χ4v) is 2.33. The van der Waals surface area contributed by atoms with Crippen LogP contribution < -0.4 is 14.8 Å². The topological polar surface area (TPSA) is 67.8 Å². The van der Waals surface area contributed by atoms with E-state index in [1.54, 1.807) is 6.07 Å². The van der Waals surface area contributed by atoms with Gasteiger partial charge < -0.3 is 19.9 Å². The number of fused-ring (bicyclic) bond motifs is 1. The highest BCUT2D eigenvalue weighted by Crippen LogP contribution is 2.30. The first-order valence-electron chi connectivity index (χ1n) is 6.78. The van der Waals surface area contributed by atoms with E-state index in [1.807, 2.05) is 24.3 Å². The molecule has 0 saturated carbocycles. The summed E-state index contributed by atoms with van der Waals surface area (Å²) in [6.45, 7) is 0.624. The van der Waals surface area contributed by atoms with E-state index in [0.29, 0.717) is 23.1 Å². The van der Waals surface area contributed by atoms with Gasteiger partial charge >= 0.3 is 0 Å². The van der Waals surface area contributed by atoms with Crippen molar-refractivity contribution in [1.29, 1.82) is 0 Å². The van der Waals surface area contributed by atoms with Crippen molar-refractivity contribution in [3.05, 3.63) is 53.1 Å². The molecule has 1 amide bonds. The predicted molar refractivity (Wildman–Crippen MR) is 81.8 cm³/mol. The SMILES string of the molecule is O=C(NC[C@H]1COc2ccccc2O1)c1ccc(Cl)cc1O. The van der Waals surface area contributed by atoms with E-state index in [0.717, 1.165) is 0 Å². The number of para-hydroxylation sites is 2. The molecule has 1 heterocycles. The van der Waals surface area contributed by atoms with E-state index in [-0.39, 0.29) is 24.0 Å². The van der Waals surface area contributed by atoms with Gasteiger partial charge in [0, 0.05) is 5.02 Å². The van der Waals surface area contributed by atoms with Crippen molar-refractivity contribution >= 4 is 17.5 Å². The zero-order valence-electron chi connectivity index (χ0n) is 11.6. The molecule has 0 unspecified atom stereocenters. The monoisotopic (exact) mass is 319 g/mol. The van der Waals surface area contributed by atoms with Crippen molar-refractivity contribution in [2.75, 3.05) is 13.2 Å². The van der Waals surface area contributed by atoms with Gasteiger partial charge in [-0.25, -0.2) is 0 Å². The molecule has 3 rings (SSSR count). The first kappa shape index (κ1) is 14.5. The molecule has 2 aromatic carbocycles. The number of carbonyl (C=O) groups excluding carboxylic acids is 1. The van der Waals surface area contributed by atoms with Crippen molar-refractivity contribution in [2.24, 2.45) is 0 Å². The minimum absolute atomic E-state index is 0.156. The molecule has 0 bridgehead atoms. The largest absolute Gasteiger partial charge is 0.507 e. The lowest BCUT2D eigenvalue weighted by atomic mass is 10.2. The van der Waals surface area contributed by atoms with Crippen molar-refractivity contribution in [3.63, 3.8) is 0 Å². The second kappa shape index (κ2) is 6.15. The van der Waals surface area contributed by atoms with Crippen LogP contribution in [-0.2, 0) is 0 Å². The molecule has 0 saturated heterocycles. The molecule has 2 aromatic rings. The maximum absolute atomic E-state index is 12.1. The molecule has 0 fully saturated rings. The van der Waals surface area contributed by atoms with Crippen LogP contribution in [0, 0.1) is 0 Å². The highest BCUT2D eigenvalue weighted by Gasteiger charge is 2.21. The van der Waals surface area contributed by atoms with Gasteiger partial charge in [0.05, 0.1) is 12.1 Å². The average Bonchev–Trinajstić information content (AvgIpc) is 2.52. The first-order chi connectivity index (χ1) is 10.6. The van der Waals surface area contributed by atoms with Gasteiger partial charge in [-0.05, 0) is 30.3 Å². The first-order valence-corrected chi connectivity index (χ1v) is 7.16. The Labute approximate surface area is 132 Å².